The zero-order valence-corrected chi connectivity index (χ0v) is 9.52. The average molecular weight is 306 g/mol. The number of carbonyl (C=O) groups is 2. The summed E-state index contributed by atoms with van der Waals surface area (Å²) in [6.45, 7) is 0. The molecule has 0 aromatic rings. The Labute approximate surface area is 108 Å². The van der Waals surface area contributed by atoms with Gasteiger partial charge in [-0.2, -0.15) is 8.78 Å². The summed E-state index contributed by atoms with van der Waals surface area (Å²) < 4.78 is 79.1. The molecule has 0 aliphatic heterocycles. The molecule has 0 aliphatic carbocycles. The molecule has 0 saturated carbocycles. The van der Waals surface area contributed by atoms with Crippen LogP contribution < -0.4 is 0 Å². The summed E-state index contributed by atoms with van der Waals surface area (Å²) >= 11 is 0. The molecule has 0 saturated heterocycles. The van der Waals surface area contributed by atoms with Gasteiger partial charge in [0.2, 0.25) is 0 Å². The van der Waals surface area contributed by atoms with Crippen LogP contribution in [-0.4, -0.2) is 37.5 Å². The number of hydrogen-bond donors (Lipinski definition) is 0. The molecule has 2 unspecified atom stereocenters. The van der Waals surface area contributed by atoms with E-state index in [0.717, 1.165) is 0 Å². The maximum Gasteiger partial charge on any atom is 0.420 e. The first kappa shape index (κ1) is 18.0. The Morgan fingerprint density at radius 2 is 0.950 bits per heavy atom. The van der Waals surface area contributed by atoms with Crippen molar-refractivity contribution in [3.63, 3.8) is 0 Å². The normalized spacial score (nSPS) is 15.0. The minimum absolute atomic E-state index is 0.0482. The second-order valence-corrected chi connectivity index (χ2v) is 2.95. The van der Waals surface area contributed by atoms with Gasteiger partial charge < -0.3 is 9.47 Å². The summed E-state index contributed by atoms with van der Waals surface area (Å²) in [6, 6.07) is 0. The largest absolute Gasteiger partial charge is 0.420 e. The molecule has 10 heteroatoms. The summed E-state index contributed by atoms with van der Waals surface area (Å²) in [5.74, 6) is -4.02. The fourth-order valence-corrected chi connectivity index (χ4v) is 0.722. The maximum atomic E-state index is 12.7. The first-order valence-electron chi connectivity index (χ1n) is 4.85. The van der Waals surface area contributed by atoms with Crippen molar-refractivity contribution in [1.82, 2.24) is 0 Å². The highest BCUT2D eigenvalue weighted by Gasteiger charge is 2.23. The summed E-state index contributed by atoms with van der Waals surface area (Å²) in [7, 11) is 0. The number of carbonyl (C=O) groups excluding carboxylic acids is 2. The van der Waals surface area contributed by atoms with E-state index in [4.69, 9.17) is 0 Å². The molecule has 114 valence electrons. The third-order valence-electron chi connectivity index (χ3n) is 1.42. The van der Waals surface area contributed by atoms with E-state index < -0.39 is 37.5 Å². The molecule has 0 aromatic carbocycles. The van der Waals surface area contributed by atoms with Gasteiger partial charge in [0.15, 0.2) is 0 Å². The molecule has 0 fully saturated rings. The van der Waals surface area contributed by atoms with Crippen LogP contribution in [0, 0.1) is 0 Å². The average Bonchev–Trinajstić information content (AvgIpc) is 2.33. The lowest BCUT2D eigenvalue weighted by Gasteiger charge is -2.07. The van der Waals surface area contributed by atoms with Crippen LogP contribution in [0.4, 0.5) is 26.3 Å². The second-order valence-electron chi connectivity index (χ2n) is 2.95. The van der Waals surface area contributed by atoms with Crippen molar-refractivity contribution in [2.45, 2.75) is 25.6 Å². The van der Waals surface area contributed by atoms with E-state index in [9.17, 15) is 35.9 Å². The van der Waals surface area contributed by atoms with Crippen molar-refractivity contribution >= 4 is 11.9 Å². The van der Waals surface area contributed by atoms with Crippen LogP contribution in [0.5, 0.6) is 0 Å². The molecule has 0 aromatic heterocycles. The Morgan fingerprint density at radius 1 is 0.650 bits per heavy atom. The lowest BCUT2D eigenvalue weighted by atomic mass is 10.5. The first-order valence-corrected chi connectivity index (χ1v) is 4.85. The van der Waals surface area contributed by atoms with Crippen LogP contribution in [0.1, 0.15) is 0 Å². The van der Waals surface area contributed by atoms with E-state index in [1.54, 1.807) is 0 Å². The summed E-state index contributed by atoms with van der Waals surface area (Å²) in [5.41, 5.74) is 0. The van der Waals surface area contributed by atoms with E-state index >= 15 is 0 Å². The van der Waals surface area contributed by atoms with Crippen LogP contribution in [0.3, 0.4) is 0 Å². The van der Waals surface area contributed by atoms with Crippen molar-refractivity contribution in [2.24, 2.45) is 0 Å². The van der Waals surface area contributed by atoms with Gasteiger partial charge in [-0.1, -0.05) is 0 Å². The third kappa shape index (κ3) is 9.00. The molecule has 0 spiro atoms. The Morgan fingerprint density at radius 3 is 1.20 bits per heavy atom. The standard InChI is InChI=1S/C10H8F6O4/c11-5(12)1-3-7(15)19-9(17)10(18)20-8(16)4-2-6(13)14/h1-8H. The topological polar surface area (TPSA) is 52.6 Å². The maximum absolute atomic E-state index is 12.7. The molecule has 0 amide bonds. The van der Waals surface area contributed by atoms with Crippen LogP contribution in [0.2, 0.25) is 0 Å². The highest BCUT2D eigenvalue weighted by molar-refractivity contribution is 6.29. The molecule has 4 nitrogen and oxygen atoms in total. The van der Waals surface area contributed by atoms with Gasteiger partial charge in [0.05, 0.1) is 0 Å². The molecule has 0 aliphatic rings. The predicted octanol–water partition coefficient (Wildman–Crippen LogP) is 2.31. The van der Waals surface area contributed by atoms with Crippen LogP contribution in [0.25, 0.3) is 0 Å². The molecular formula is C10H8F6O4. The second kappa shape index (κ2) is 8.99. The first-order chi connectivity index (χ1) is 9.22. The molecule has 0 heterocycles. The molecule has 20 heavy (non-hydrogen) atoms. The minimum Gasteiger partial charge on any atom is -0.419 e. The molecule has 2 atom stereocenters. The van der Waals surface area contributed by atoms with Gasteiger partial charge in [-0.15, -0.1) is 0 Å². The van der Waals surface area contributed by atoms with Crippen molar-refractivity contribution in [1.29, 1.82) is 0 Å². The molecule has 0 bridgehead atoms. The lowest BCUT2D eigenvalue weighted by Crippen LogP contribution is -2.25. The molecule has 0 N–H and O–H groups in total. The smallest absolute Gasteiger partial charge is 0.419 e. The van der Waals surface area contributed by atoms with E-state index in [2.05, 4.69) is 9.47 Å². The van der Waals surface area contributed by atoms with Crippen molar-refractivity contribution in [2.75, 3.05) is 0 Å². The molecular weight excluding hydrogens is 298 g/mol. The highest BCUT2D eigenvalue weighted by atomic mass is 19.3. The van der Waals surface area contributed by atoms with Crippen LogP contribution >= 0.6 is 0 Å². The van der Waals surface area contributed by atoms with Gasteiger partial charge in [-0.25, -0.2) is 27.2 Å². The SMILES string of the molecule is O=C(OC(F)C=CC(F)F)C(=O)OC(F)C=CC(F)F. The Kier molecular flexibility index (Phi) is 8.09. The fraction of sp³-hybridized carbons (Fsp3) is 0.400. The van der Waals surface area contributed by atoms with E-state index in [0.29, 0.717) is 0 Å². The Balaban J connectivity index is 4.25. The van der Waals surface area contributed by atoms with E-state index in [-0.39, 0.29) is 24.3 Å². The van der Waals surface area contributed by atoms with E-state index in [1.165, 1.54) is 0 Å². The van der Waals surface area contributed by atoms with Crippen molar-refractivity contribution < 1.29 is 45.4 Å². The van der Waals surface area contributed by atoms with Gasteiger partial charge >= 0.3 is 11.9 Å². The number of allylic oxidation sites excluding steroid dienone is 2. The molecule has 0 rings (SSSR count). The number of ether oxygens (including phenoxy) is 2. The summed E-state index contributed by atoms with van der Waals surface area (Å²) in [4.78, 5) is 21.5. The van der Waals surface area contributed by atoms with Gasteiger partial charge in [0, 0.05) is 0 Å². The van der Waals surface area contributed by atoms with Gasteiger partial charge in [-0.3, -0.25) is 0 Å². The van der Waals surface area contributed by atoms with Crippen molar-refractivity contribution in [3.05, 3.63) is 24.3 Å². The number of rotatable bonds is 6. The zero-order chi connectivity index (χ0) is 15.7. The van der Waals surface area contributed by atoms with Gasteiger partial charge in [-0.05, 0) is 24.3 Å². The Hall–Kier alpha value is -2.00. The fourth-order valence-electron chi connectivity index (χ4n) is 0.722. The molecule has 0 radical (unpaired) electrons. The number of halogens is 6. The Bertz CT molecular complexity index is 346. The van der Waals surface area contributed by atoms with Gasteiger partial charge in [0.1, 0.15) is 0 Å². The lowest BCUT2D eigenvalue weighted by molar-refractivity contribution is -0.179. The third-order valence-corrected chi connectivity index (χ3v) is 1.42. The highest BCUT2D eigenvalue weighted by Crippen LogP contribution is 2.05. The summed E-state index contributed by atoms with van der Waals surface area (Å²) in [6.07, 6.45) is -11.0. The minimum atomic E-state index is -3.01. The quantitative estimate of drug-likeness (QED) is 0.327. The van der Waals surface area contributed by atoms with Gasteiger partial charge in [0.25, 0.3) is 25.6 Å². The van der Waals surface area contributed by atoms with Crippen LogP contribution in [-0.2, 0) is 19.1 Å². The number of esters is 2. The summed E-state index contributed by atoms with van der Waals surface area (Å²) in [5, 5.41) is 0. The van der Waals surface area contributed by atoms with E-state index in [1.807, 2.05) is 0 Å². The van der Waals surface area contributed by atoms with Crippen molar-refractivity contribution in [3.8, 4) is 0 Å². The number of alkyl halides is 6. The number of hydrogen-bond acceptors (Lipinski definition) is 4. The zero-order valence-electron chi connectivity index (χ0n) is 9.52. The predicted molar refractivity (Wildman–Crippen MR) is 52.3 cm³/mol. The monoisotopic (exact) mass is 306 g/mol. The van der Waals surface area contributed by atoms with Crippen LogP contribution in [0.15, 0.2) is 24.3 Å².